The van der Waals surface area contributed by atoms with Crippen molar-refractivity contribution < 1.29 is 58.9 Å². The summed E-state index contributed by atoms with van der Waals surface area (Å²) in [5.74, 6) is 0.618. The largest absolute Gasteiger partial charge is 4.00 e. The smallest absolute Gasteiger partial charge is 1.00 e. The second kappa shape index (κ2) is 15.4. The number of rotatable bonds is 7. The van der Waals surface area contributed by atoms with E-state index in [1.807, 2.05) is 0 Å². The summed E-state index contributed by atoms with van der Waals surface area (Å²) in [7, 11) is -0.363. The van der Waals surface area contributed by atoms with E-state index >= 15 is 0 Å². The molecule has 0 spiro atoms. The number of halogens is 3. The molecule has 2 rings (SSSR count). The van der Waals surface area contributed by atoms with Gasteiger partial charge in [0, 0.05) is 0 Å². The van der Waals surface area contributed by atoms with Crippen molar-refractivity contribution in [2.24, 2.45) is 5.92 Å². The van der Waals surface area contributed by atoms with Gasteiger partial charge < -0.3 is 37.2 Å². The Morgan fingerprint density at radius 1 is 1.00 bits per heavy atom. The quantitative estimate of drug-likeness (QED) is 0.213. The maximum atomic E-state index is 3.80. The van der Waals surface area contributed by atoms with Crippen LogP contribution in [0.15, 0.2) is 28.5 Å². The molecule has 0 fully saturated rings. The summed E-state index contributed by atoms with van der Waals surface area (Å²) in [4.78, 5) is 0. The van der Waals surface area contributed by atoms with Gasteiger partial charge in [0.1, 0.15) is 0 Å². The summed E-state index contributed by atoms with van der Waals surface area (Å²) in [5.41, 5.74) is 7.52. The standard InChI is InChI=1S/C22H33Si.3ClH.Ti/c1-7-8-9-10-19-13-20(15(2)3)21(14-19)23-22-17(5)11-16(4)12-18(22)6;;;;/h11-12,15H,7-10,14,23H2,1-6H3;3*1H;/q-1;;;;+4/p-3. The van der Waals surface area contributed by atoms with E-state index in [1.165, 1.54) is 48.8 Å². The Bertz CT molecular complexity index is 613. The van der Waals surface area contributed by atoms with Crippen LogP contribution in [0.25, 0.3) is 0 Å². The Kier molecular flexibility index (Phi) is 18.3. The molecule has 0 N–H and O–H groups in total. The number of allylic oxidation sites excluding steroid dienone is 4. The molecule has 0 saturated heterocycles. The molecule has 0 nitrogen and oxygen atoms in total. The van der Waals surface area contributed by atoms with E-state index in [0.717, 1.165) is 0 Å². The molecule has 0 aromatic heterocycles. The maximum Gasteiger partial charge on any atom is 4.00 e. The number of benzene rings is 1. The predicted octanol–water partition coefficient (Wildman–Crippen LogP) is -3.96. The molecule has 0 aliphatic heterocycles. The second-order valence-electron chi connectivity index (χ2n) is 7.59. The molecule has 1 aliphatic rings. The van der Waals surface area contributed by atoms with Crippen LogP contribution in [0.1, 0.15) is 69.6 Å². The minimum atomic E-state index is -0.363. The van der Waals surface area contributed by atoms with E-state index in [1.54, 1.807) is 21.5 Å². The maximum absolute atomic E-state index is 3.80. The molecule has 150 valence electrons. The Balaban J connectivity index is -0.00000144. The van der Waals surface area contributed by atoms with Gasteiger partial charge in [-0.15, -0.1) is 0 Å². The zero-order valence-electron chi connectivity index (χ0n) is 17.6. The topological polar surface area (TPSA) is 0 Å². The summed E-state index contributed by atoms with van der Waals surface area (Å²) in [5, 5.41) is 3.42. The summed E-state index contributed by atoms with van der Waals surface area (Å²) in [6.07, 6.45) is 10.3. The van der Waals surface area contributed by atoms with E-state index in [9.17, 15) is 0 Å². The molecule has 1 aliphatic carbocycles. The molecule has 1 aromatic rings. The predicted molar refractivity (Wildman–Crippen MR) is 106 cm³/mol. The van der Waals surface area contributed by atoms with E-state index in [-0.39, 0.29) is 68.5 Å². The Labute approximate surface area is 203 Å². The van der Waals surface area contributed by atoms with E-state index in [4.69, 9.17) is 0 Å². The van der Waals surface area contributed by atoms with Crippen LogP contribution in [0, 0.1) is 32.8 Å². The fraction of sp³-hybridized carbons (Fsp3) is 0.545. The molecule has 0 heterocycles. The molecule has 0 radical (unpaired) electrons. The molecule has 0 bridgehead atoms. The third-order valence-electron chi connectivity index (χ3n) is 5.01. The zero-order chi connectivity index (χ0) is 17.0. The minimum Gasteiger partial charge on any atom is -1.00 e. The van der Waals surface area contributed by atoms with Gasteiger partial charge in [-0.25, -0.2) is 16.8 Å². The van der Waals surface area contributed by atoms with Crippen LogP contribution in [0.5, 0.6) is 0 Å². The molecule has 0 atom stereocenters. The van der Waals surface area contributed by atoms with Crippen molar-refractivity contribution in [3.8, 4) is 0 Å². The first-order chi connectivity index (χ1) is 10.9. The Morgan fingerprint density at radius 3 is 2.04 bits per heavy atom. The van der Waals surface area contributed by atoms with Crippen LogP contribution in [-0.4, -0.2) is 9.52 Å². The van der Waals surface area contributed by atoms with E-state index < -0.39 is 0 Å². The normalized spacial score (nSPS) is 13.1. The first kappa shape index (κ1) is 32.2. The summed E-state index contributed by atoms with van der Waals surface area (Å²) < 4.78 is 0. The Hall–Kier alpha value is 0.501. The molecule has 5 heteroatoms. The third-order valence-corrected chi connectivity index (χ3v) is 7.54. The third kappa shape index (κ3) is 9.24. The van der Waals surface area contributed by atoms with Crippen LogP contribution >= 0.6 is 0 Å². The van der Waals surface area contributed by atoms with Crippen LogP contribution in [0.3, 0.4) is 0 Å². The summed E-state index contributed by atoms with van der Waals surface area (Å²) in [6, 6.07) is 4.72. The number of aryl methyl sites for hydroxylation is 3. The van der Waals surface area contributed by atoms with Crippen molar-refractivity contribution in [2.75, 3.05) is 0 Å². The van der Waals surface area contributed by atoms with Gasteiger partial charge in [-0.05, 0) is 30.3 Å². The monoisotopic (exact) mass is 478 g/mol. The first-order valence-corrected chi connectivity index (χ1v) is 10.7. The Morgan fingerprint density at radius 2 is 1.56 bits per heavy atom. The number of unbranched alkanes of at least 4 members (excludes halogenated alkanes) is 2. The van der Waals surface area contributed by atoms with Crippen molar-refractivity contribution in [1.82, 2.24) is 0 Å². The average Bonchev–Trinajstić information content (AvgIpc) is 2.86. The van der Waals surface area contributed by atoms with Crippen molar-refractivity contribution in [3.63, 3.8) is 0 Å². The zero-order valence-corrected chi connectivity index (χ0v) is 22.9. The second-order valence-corrected chi connectivity index (χ2v) is 9.50. The van der Waals surface area contributed by atoms with Gasteiger partial charge in [-0.2, -0.15) is 5.57 Å². The van der Waals surface area contributed by atoms with Crippen molar-refractivity contribution in [1.29, 1.82) is 0 Å². The molecule has 0 saturated carbocycles. The molecule has 27 heavy (non-hydrogen) atoms. The molecule has 0 unspecified atom stereocenters. The van der Waals surface area contributed by atoms with Crippen LogP contribution in [0.2, 0.25) is 0 Å². The SMILES string of the molecule is CCCCCC1=[C-]C(C(C)C)=C([SiH2]c2c(C)cc(C)cc2C)C1.[Cl-].[Cl-].[Cl-].[Ti+4]. The first-order valence-electron chi connectivity index (χ1n) is 9.32. The van der Waals surface area contributed by atoms with E-state index in [2.05, 4.69) is 59.8 Å². The average molecular weight is 480 g/mol. The van der Waals surface area contributed by atoms with Gasteiger partial charge in [0.15, 0.2) is 0 Å². The fourth-order valence-corrected chi connectivity index (χ4v) is 6.13. The van der Waals surface area contributed by atoms with Gasteiger partial charge >= 0.3 is 21.7 Å². The number of hydrogen-bond acceptors (Lipinski definition) is 0. The number of hydrogen-bond donors (Lipinski definition) is 0. The van der Waals surface area contributed by atoms with Crippen molar-refractivity contribution >= 4 is 14.7 Å². The summed E-state index contributed by atoms with van der Waals surface area (Å²) >= 11 is 0. The van der Waals surface area contributed by atoms with Crippen LogP contribution < -0.4 is 42.4 Å². The van der Waals surface area contributed by atoms with Crippen LogP contribution in [0.4, 0.5) is 0 Å². The van der Waals surface area contributed by atoms with Gasteiger partial charge in [-0.1, -0.05) is 92.8 Å². The summed E-state index contributed by atoms with van der Waals surface area (Å²) in [6.45, 7) is 13.8. The molecule has 1 aromatic carbocycles. The molecular weight excluding hydrogens is 447 g/mol. The van der Waals surface area contributed by atoms with Crippen LogP contribution in [-0.2, 0) is 21.7 Å². The van der Waals surface area contributed by atoms with Gasteiger partial charge in [0.25, 0.3) is 0 Å². The van der Waals surface area contributed by atoms with Crippen molar-refractivity contribution in [3.05, 3.63) is 51.2 Å². The van der Waals surface area contributed by atoms with Gasteiger partial charge in [-0.3, -0.25) is 0 Å². The van der Waals surface area contributed by atoms with E-state index in [0.29, 0.717) is 5.92 Å². The van der Waals surface area contributed by atoms with Gasteiger partial charge in [0.2, 0.25) is 0 Å². The fourth-order valence-electron chi connectivity index (χ4n) is 3.83. The minimum absolute atomic E-state index is 0. The molecule has 0 amide bonds. The van der Waals surface area contributed by atoms with Gasteiger partial charge in [0.05, 0.1) is 0 Å². The molecular formula is C22H33Cl3SiTi. The van der Waals surface area contributed by atoms with Crippen molar-refractivity contribution in [2.45, 2.75) is 73.6 Å².